The second kappa shape index (κ2) is 4.28. The van der Waals surface area contributed by atoms with Crippen LogP contribution in [0.1, 0.15) is 6.92 Å². The predicted octanol–water partition coefficient (Wildman–Crippen LogP) is -3.60. The number of likely N-dealkylation sites (N-methyl/N-ethyl adjacent to an activating group) is 1. The Morgan fingerprint density at radius 2 is 1.40 bits per heavy atom. The molecule has 0 saturated carbocycles. The van der Waals surface area contributed by atoms with Gasteiger partial charge in [0.15, 0.2) is 0 Å². The molecule has 0 heterocycles. The van der Waals surface area contributed by atoms with Gasteiger partial charge in [-0.05, 0) is 6.92 Å². The van der Waals surface area contributed by atoms with Crippen LogP contribution in [0.15, 0.2) is 0 Å². The van der Waals surface area contributed by atoms with E-state index in [-0.39, 0.29) is 17.0 Å². The SMILES string of the molecule is CC(O)C(O)[N+](C)(C)C.[Br-]. The minimum atomic E-state index is -0.690. The van der Waals surface area contributed by atoms with Crippen LogP contribution in [0.2, 0.25) is 0 Å². The van der Waals surface area contributed by atoms with Gasteiger partial charge in [-0.2, -0.15) is 0 Å². The van der Waals surface area contributed by atoms with E-state index in [4.69, 9.17) is 5.11 Å². The highest BCUT2D eigenvalue weighted by Crippen LogP contribution is 2.02. The van der Waals surface area contributed by atoms with Gasteiger partial charge in [0.05, 0.1) is 21.1 Å². The molecule has 0 fully saturated rings. The number of aliphatic hydroxyl groups excluding tert-OH is 2. The Morgan fingerprint density at radius 3 is 1.40 bits per heavy atom. The lowest BCUT2D eigenvalue weighted by molar-refractivity contribution is -0.922. The van der Waals surface area contributed by atoms with E-state index in [1.54, 1.807) is 6.92 Å². The summed E-state index contributed by atoms with van der Waals surface area (Å²) in [6.07, 6.45) is -1.35. The van der Waals surface area contributed by atoms with E-state index in [2.05, 4.69) is 0 Å². The average molecular weight is 214 g/mol. The Labute approximate surface area is 72.6 Å². The molecule has 4 heteroatoms. The van der Waals surface area contributed by atoms with E-state index in [1.165, 1.54) is 0 Å². The summed E-state index contributed by atoms with van der Waals surface area (Å²) in [6.45, 7) is 1.58. The maximum absolute atomic E-state index is 9.19. The first kappa shape index (κ1) is 13.0. The zero-order valence-corrected chi connectivity index (χ0v) is 8.46. The summed E-state index contributed by atoms with van der Waals surface area (Å²) in [4.78, 5) is 0. The lowest BCUT2D eigenvalue weighted by Gasteiger charge is -2.31. The quantitative estimate of drug-likeness (QED) is 0.368. The lowest BCUT2D eigenvalue weighted by Crippen LogP contribution is -3.00. The predicted molar refractivity (Wildman–Crippen MR) is 35.7 cm³/mol. The van der Waals surface area contributed by atoms with E-state index in [1.807, 2.05) is 21.1 Å². The summed E-state index contributed by atoms with van der Waals surface area (Å²) >= 11 is 0. The number of halogens is 1. The first-order chi connectivity index (χ1) is 3.85. The van der Waals surface area contributed by atoms with Crippen molar-refractivity contribution >= 4 is 0 Å². The molecule has 0 aliphatic carbocycles. The highest BCUT2D eigenvalue weighted by atomic mass is 79.9. The molecule has 0 amide bonds. The van der Waals surface area contributed by atoms with Gasteiger partial charge in [-0.25, -0.2) is 0 Å². The number of rotatable bonds is 2. The van der Waals surface area contributed by atoms with Gasteiger partial charge in [0.2, 0.25) is 6.23 Å². The zero-order valence-electron chi connectivity index (χ0n) is 6.87. The minimum absolute atomic E-state index is 0. The third-order valence-electron chi connectivity index (χ3n) is 1.23. The summed E-state index contributed by atoms with van der Waals surface area (Å²) in [6, 6.07) is 0. The van der Waals surface area contributed by atoms with Gasteiger partial charge in [-0.3, -0.25) is 0 Å². The average Bonchev–Trinajstić information content (AvgIpc) is 1.62. The molecule has 0 aromatic rings. The van der Waals surface area contributed by atoms with Crippen molar-refractivity contribution < 1.29 is 31.7 Å². The smallest absolute Gasteiger partial charge is 0.216 e. The zero-order chi connectivity index (χ0) is 7.65. The molecule has 0 radical (unpaired) electrons. The van der Waals surface area contributed by atoms with Crippen molar-refractivity contribution in [3.05, 3.63) is 0 Å². The van der Waals surface area contributed by atoms with Gasteiger partial charge in [0.25, 0.3) is 0 Å². The topological polar surface area (TPSA) is 40.5 Å². The number of quaternary nitrogens is 1. The highest BCUT2D eigenvalue weighted by Gasteiger charge is 2.24. The third kappa shape index (κ3) is 4.22. The summed E-state index contributed by atoms with van der Waals surface area (Å²) < 4.78 is 0.373. The molecule has 2 unspecified atom stereocenters. The van der Waals surface area contributed by atoms with Gasteiger partial charge in [0, 0.05) is 0 Å². The van der Waals surface area contributed by atoms with Crippen molar-refractivity contribution in [3.63, 3.8) is 0 Å². The summed E-state index contributed by atoms with van der Waals surface area (Å²) in [7, 11) is 5.49. The van der Waals surface area contributed by atoms with Crippen LogP contribution in [0, 0.1) is 0 Å². The molecule has 10 heavy (non-hydrogen) atoms. The highest BCUT2D eigenvalue weighted by molar-refractivity contribution is 4.47. The Morgan fingerprint density at radius 1 is 1.10 bits per heavy atom. The van der Waals surface area contributed by atoms with Crippen molar-refractivity contribution in [3.8, 4) is 0 Å². The Hall–Kier alpha value is 0.360. The molecular formula is C6H16BrNO2. The molecule has 0 aromatic heterocycles. The van der Waals surface area contributed by atoms with Crippen LogP contribution in [0.25, 0.3) is 0 Å². The van der Waals surface area contributed by atoms with Crippen molar-refractivity contribution in [2.45, 2.75) is 19.3 Å². The van der Waals surface area contributed by atoms with E-state index >= 15 is 0 Å². The van der Waals surface area contributed by atoms with Crippen LogP contribution in [0.5, 0.6) is 0 Å². The van der Waals surface area contributed by atoms with Crippen molar-refractivity contribution in [2.24, 2.45) is 0 Å². The molecule has 0 bridgehead atoms. The molecule has 64 valence electrons. The van der Waals surface area contributed by atoms with Gasteiger partial charge in [0.1, 0.15) is 6.10 Å². The van der Waals surface area contributed by atoms with Crippen LogP contribution >= 0.6 is 0 Å². The van der Waals surface area contributed by atoms with Crippen molar-refractivity contribution in [1.29, 1.82) is 0 Å². The fraction of sp³-hybridized carbons (Fsp3) is 1.00. The van der Waals surface area contributed by atoms with Crippen LogP contribution < -0.4 is 17.0 Å². The van der Waals surface area contributed by atoms with Crippen molar-refractivity contribution in [2.75, 3.05) is 21.1 Å². The minimum Gasteiger partial charge on any atom is -1.00 e. The second-order valence-electron chi connectivity index (χ2n) is 3.27. The molecule has 2 atom stereocenters. The third-order valence-corrected chi connectivity index (χ3v) is 1.23. The number of hydrogen-bond donors (Lipinski definition) is 2. The van der Waals surface area contributed by atoms with Crippen molar-refractivity contribution in [1.82, 2.24) is 0 Å². The van der Waals surface area contributed by atoms with E-state index in [0.717, 1.165) is 0 Å². The standard InChI is InChI=1S/C6H16NO2.BrH/c1-5(8)6(9)7(2,3)4;/h5-6,8-9H,1-4H3;1H/q+1;/p-1. The first-order valence-electron chi connectivity index (χ1n) is 3.03. The second-order valence-corrected chi connectivity index (χ2v) is 3.27. The summed E-state index contributed by atoms with van der Waals surface area (Å²) in [5.41, 5.74) is 0. The Bertz CT molecular complexity index is 90.2. The number of nitrogens with zero attached hydrogens (tertiary/aromatic N) is 1. The maximum Gasteiger partial charge on any atom is 0.216 e. The molecule has 3 nitrogen and oxygen atoms in total. The van der Waals surface area contributed by atoms with E-state index in [0.29, 0.717) is 4.48 Å². The number of hydrogen-bond acceptors (Lipinski definition) is 2. The van der Waals surface area contributed by atoms with Crippen LogP contribution in [-0.2, 0) is 0 Å². The Kier molecular flexibility index (Phi) is 5.56. The van der Waals surface area contributed by atoms with E-state index in [9.17, 15) is 5.11 Å². The fourth-order valence-electron chi connectivity index (χ4n) is 0.647. The van der Waals surface area contributed by atoms with Gasteiger partial charge < -0.3 is 31.7 Å². The normalized spacial score (nSPS) is 17.4. The molecule has 0 saturated heterocycles. The number of aliphatic hydroxyl groups is 2. The molecule has 0 rings (SSSR count). The maximum atomic E-state index is 9.19. The monoisotopic (exact) mass is 213 g/mol. The molecule has 0 aromatic carbocycles. The molecule has 0 spiro atoms. The summed E-state index contributed by atoms with van der Waals surface area (Å²) in [5, 5.41) is 18.1. The van der Waals surface area contributed by atoms with E-state index < -0.39 is 12.3 Å². The fourth-order valence-corrected chi connectivity index (χ4v) is 0.647. The lowest BCUT2D eigenvalue weighted by atomic mass is 10.3. The van der Waals surface area contributed by atoms with Crippen LogP contribution in [0.3, 0.4) is 0 Å². The molecule has 2 N–H and O–H groups in total. The Balaban J connectivity index is 0. The van der Waals surface area contributed by atoms with Crippen LogP contribution in [0.4, 0.5) is 0 Å². The largest absolute Gasteiger partial charge is 1.00 e. The molecular weight excluding hydrogens is 198 g/mol. The molecule has 0 aliphatic rings. The summed E-state index contributed by atoms with van der Waals surface area (Å²) in [5.74, 6) is 0. The molecule has 0 aliphatic heterocycles. The van der Waals surface area contributed by atoms with Gasteiger partial charge in [-0.15, -0.1) is 0 Å². The van der Waals surface area contributed by atoms with Gasteiger partial charge in [-0.1, -0.05) is 0 Å². The first-order valence-corrected chi connectivity index (χ1v) is 3.03. The van der Waals surface area contributed by atoms with Crippen LogP contribution in [-0.4, -0.2) is 48.2 Å². The van der Waals surface area contributed by atoms with Gasteiger partial charge >= 0.3 is 0 Å².